The van der Waals surface area contributed by atoms with Crippen molar-refractivity contribution in [2.24, 2.45) is 13.0 Å². The lowest BCUT2D eigenvalue weighted by atomic mass is 9.94. The van der Waals surface area contributed by atoms with Gasteiger partial charge in [-0.15, -0.1) is 10.2 Å². The molecule has 2 N–H and O–H groups in total. The van der Waals surface area contributed by atoms with E-state index in [2.05, 4.69) is 29.4 Å². The number of nitrogens with zero attached hydrogens (tertiary/aromatic N) is 3. The third kappa shape index (κ3) is 4.28. The van der Waals surface area contributed by atoms with Crippen LogP contribution in [0.25, 0.3) is 0 Å². The summed E-state index contributed by atoms with van der Waals surface area (Å²) in [5.74, 6) is 1.37. The van der Waals surface area contributed by atoms with Crippen LogP contribution in [0.3, 0.4) is 0 Å². The molecule has 5 nitrogen and oxygen atoms in total. The van der Waals surface area contributed by atoms with Gasteiger partial charge in [0.1, 0.15) is 12.2 Å². The summed E-state index contributed by atoms with van der Waals surface area (Å²) in [6, 6.07) is 0. The molecule has 0 amide bonds. The molecule has 0 saturated heterocycles. The topological polar surface area (TPSA) is 63.0 Å². The van der Waals surface area contributed by atoms with Crippen LogP contribution in [-0.4, -0.2) is 32.0 Å². The first-order valence-corrected chi connectivity index (χ1v) is 5.67. The van der Waals surface area contributed by atoms with Crippen molar-refractivity contribution in [3.05, 3.63) is 12.2 Å². The second-order valence-corrected chi connectivity index (χ2v) is 5.06. The van der Waals surface area contributed by atoms with Crippen LogP contribution in [0.2, 0.25) is 0 Å². The van der Waals surface area contributed by atoms with Crippen molar-refractivity contribution in [3.63, 3.8) is 0 Å². The van der Waals surface area contributed by atoms with E-state index < -0.39 is 5.60 Å². The molecule has 1 atom stereocenters. The molecule has 1 unspecified atom stereocenters. The molecule has 5 heteroatoms. The van der Waals surface area contributed by atoms with Gasteiger partial charge in [0.05, 0.1) is 12.1 Å². The van der Waals surface area contributed by atoms with Crippen molar-refractivity contribution >= 4 is 0 Å². The number of aryl methyl sites for hydroxylation is 1. The highest BCUT2D eigenvalue weighted by molar-refractivity contribution is 4.85. The Hall–Kier alpha value is -0.940. The Kier molecular flexibility index (Phi) is 4.44. The fraction of sp³-hybridized carbons (Fsp3) is 0.818. The van der Waals surface area contributed by atoms with Gasteiger partial charge in [-0.05, 0) is 19.3 Å². The molecule has 0 radical (unpaired) electrons. The van der Waals surface area contributed by atoms with Gasteiger partial charge < -0.3 is 15.0 Å². The van der Waals surface area contributed by atoms with Crippen molar-refractivity contribution in [2.45, 2.75) is 39.3 Å². The molecule has 0 aliphatic rings. The minimum Gasteiger partial charge on any atom is -0.389 e. The van der Waals surface area contributed by atoms with Crippen molar-refractivity contribution in [1.82, 2.24) is 20.1 Å². The summed E-state index contributed by atoms with van der Waals surface area (Å²) in [5.41, 5.74) is -0.660. The van der Waals surface area contributed by atoms with Crippen LogP contribution in [0.5, 0.6) is 0 Å². The molecule has 0 aromatic carbocycles. The van der Waals surface area contributed by atoms with E-state index in [1.54, 1.807) is 6.33 Å². The van der Waals surface area contributed by atoms with Crippen LogP contribution in [-0.2, 0) is 13.6 Å². The number of aliphatic hydroxyl groups is 1. The van der Waals surface area contributed by atoms with Crippen LogP contribution in [0, 0.1) is 5.92 Å². The summed E-state index contributed by atoms with van der Waals surface area (Å²) >= 11 is 0. The summed E-state index contributed by atoms with van der Waals surface area (Å²) in [7, 11) is 1.91. The Bertz CT molecular complexity index is 320. The normalized spacial score (nSPS) is 15.4. The highest BCUT2D eigenvalue weighted by Gasteiger charge is 2.21. The Morgan fingerprint density at radius 2 is 2.25 bits per heavy atom. The fourth-order valence-corrected chi connectivity index (χ4v) is 1.86. The maximum Gasteiger partial charge on any atom is 0.146 e. The van der Waals surface area contributed by atoms with E-state index in [-0.39, 0.29) is 0 Å². The Morgan fingerprint density at radius 1 is 1.56 bits per heavy atom. The minimum atomic E-state index is -0.660. The minimum absolute atomic E-state index is 0.492. The smallest absolute Gasteiger partial charge is 0.146 e. The molecule has 92 valence electrons. The Morgan fingerprint density at radius 3 is 2.75 bits per heavy atom. The van der Waals surface area contributed by atoms with Gasteiger partial charge >= 0.3 is 0 Å². The summed E-state index contributed by atoms with van der Waals surface area (Å²) < 4.78 is 1.87. The zero-order chi connectivity index (χ0) is 12.2. The fourth-order valence-electron chi connectivity index (χ4n) is 1.86. The van der Waals surface area contributed by atoms with Gasteiger partial charge in [-0.3, -0.25) is 0 Å². The van der Waals surface area contributed by atoms with Gasteiger partial charge in [0.15, 0.2) is 0 Å². The number of hydrogen-bond acceptors (Lipinski definition) is 4. The molecule has 1 heterocycles. The molecule has 1 aromatic rings. The zero-order valence-corrected chi connectivity index (χ0v) is 10.6. The van der Waals surface area contributed by atoms with Crippen molar-refractivity contribution in [2.75, 3.05) is 6.54 Å². The first-order valence-electron chi connectivity index (χ1n) is 5.67. The maximum atomic E-state index is 10.1. The average molecular weight is 226 g/mol. The predicted molar refractivity (Wildman–Crippen MR) is 62.8 cm³/mol. The molecule has 1 rings (SSSR count). The third-order valence-corrected chi connectivity index (χ3v) is 2.44. The second kappa shape index (κ2) is 5.41. The number of rotatable bonds is 6. The Balaban J connectivity index is 2.32. The molecule has 0 saturated carbocycles. The van der Waals surface area contributed by atoms with Crippen LogP contribution >= 0.6 is 0 Å². The lowest BCUT2D eigenvalue weighted by Gasteiger charge is -2.25. The SMILES string of the molecule is CC(C)CC(C)(O)CNCc1nncn1C. The lowest BCUT2D eigenvalue weighted by molar-refractivity contribution is 0.0381. The van der Waals surface area contributed by atoms with E-state index in [9.17, 15) is 5.11 Å². The summed E-state index contributed by atoms with van der Waals surface area (Å²) in [5, 5.41) is 21.0. The van der Waals surface area contributed by atoms with Crippen LogP contribution < -0.4 is 5.32 Å². The molecule has 0 bridgehead atoms. The van der Waals surface area contributed by atoms with E-state index >= 15 is 0 Å². The second-order valence-electron chi connectivity index (χ2n) is 5.06. The summed E-state index contributed by atoms with van der Waals surface area (Å²) in [4.78, 5) is 0. The molecular formula is C11H22N4O. The zero-order valence-electron chi connectivity index (χ0n) is 10.6. The average Bonchev–Trinajstić information content (AvgIpc) is 2.49. The molecule has 1 aromatic heterocycles. The standard InChI is InChI=1S/C11H22N4O/c1-9(2)5-11(3,16)7-12-6-10-14-13-8-15(10)4/h8-9,12,16H,5-7H2,1-4H3. The molecule has 0 aliphatic carbocycles. The first-order chi connectivity index (χ1) is 7.41. The van der Waals surface area contributed by atoms with E-state index in [1.165, 1.54) is 0 Å². The van der Waals surface area contributed by atoms with Gasteiger partial charge in [0, 0.05) is 13.6 Å². The first kappa shape index (κ1) is 13.1. The Labute approximate surface area is 96.9 Å². The molecule has 0 spiro atoms. The maximum absolute atomic E-state index is 10.1. The highest BCUT2D eigenvalue weighted by Crippen LogP contribution is 2.15. The summed E-state index contributed by atoms with van der Waals surface area (Å²) in [6.07, 6.45) is 2.46. The van der Waals surface area contributed by atoms with E-state index in [0.717, 1.165) is 12.2 Å². The largest absolute Gasteiger partial charge is 0.389 e. The van der Waals surface area contributed by atoms with Gasteiger partial charge in [0.25, 0.3) is 0 Å². The van der Waals surface area contributed by atoms with Crippen LogP contribution in [0.1, 0.15) is 33.0 Å². The van der Waals surface area contributed by atoms with Gasteiger partial charge in [-0.2, -0.15) is 0 Å². The molecule has 16 heavy (non-hydrogen) atoms. The summed E-state index contributed by atoms with van der Waals surface area (Å²) in [6.45, 7) is 7.27. The third-order valence-electron chi connectivity index (χ3n) is 2.44. The molecule has 0 aliphatic heterocycles. The van der Waals surface area contributed by atoms with Crippen LogP contribution in [0.4, 0.5) is 0 Å². The number of aromatic nitrogens is 3. The molecular weight excluding hydrogens is 204 g/mol. The van der Waals surface area contributed by atoms with Crippen molar-refractivity contribution in [1.29, 1.82) is 0 Å². The van der Waals surface area contributed by atoms with E-state index in [0.29, 0.717) is 19.0 Å². The van der Waals surface area contributed by atoms with Gasteiger partial charge in [0.2, 0.25) is 0 Å². The van der Waals surface area contributed by atoms with Crippen molar-refractivity contribution < 1.29 is 5.11 Å². The van der Waals surface area contributed by atoms with E-state index in [4.69, 9.17) is 0 Å². The monoisotopic (exact) mass is 226 g/mol. The lowest BCUT2D eigenvalue weighted by Crippen LogP contribution is -2.38. The van der Waals surface area contributed by atoms with Gasteiger partial charge in [-0.1, -0.05) is 13.8 Å². The number of hydrogen-bond donors (Lipinski definition) is 2. The predicted octanol–water partition coefficient (Wildman–Crippen LogP) is 0.702. The quantitative estimate of drug-likeness (QED) is 0.749. The van der Waals surface area contributed by atoms with Gasteiger partial charge in [-0.25, -0.2) is 0 Å². The number of nitrogens with one attached hydrogen (secondary N) is 1. The highest BCUT2D eigenvalue weighted by atomic mass is 16.3. The molecule has 0 fully saturated rings. The van der Waals surface area contributed by atoms with Crippen LogP contribution in [0.15, 0.2) is 6.33 Å². The van der Waals surface area contributed by atoms with Crippen molar-refractivity contribution in [3.8, 4) is 0 Å². The van der Waals surface area contributed by atoms with E-state index in [1.807, 2.05) is 18.5 Å².